The minimum absolute atomic E-state index is 0.262. The molecule has 0 atom stereocenters. The van der Waals surface area contributed by atoms with Gasteiger partial charge in [0.25, 0.3) is 0 Å². The van der Waals surface area contributed by atoms with Crippen LogP contribution in [-0.4, -0.2) is 67.4 Å². The van der Waals surface area contributed by atoms with Crippen LogP contribution in [0, 0.1) is 0 Å². The van der Waals surface area contributed by atoms with Gasteiger partial charge in [-0.05, 0) is 18.2 Å². The van der Waals surface area contributed by atoms with Crippen LogP contribution in [0.1, 0.15) is 0 Å². The van der Waals surface area contributed by atoms with Gasteiger partial charge in [-0.2, -0.15) is 0 Å². The molecule has 1 aromatic carbocycles. The number of nitrogens with one attached hydrogen (secondary N) is 3. The van der Waals surface area contributed by atoms with Gasteiger partial charge in [0, 0.05) is 48.9 Å². The highest BCUT2D eigenvalue weighted by Gasteiger charge is 2.13. The van der Waals surface area contributed by atoms with E-state index in [0.29, 0.717) is 18.0 Å². The van der Waals surface area contributed by atoms with Crippen molar-refractivity contribution in [2.75, 3.05) is 51.8 Å². The number of methoxy groups -OCH3 is 1. The lowest BCUT2D eigenvalue weighted by Crippen LogP contribution is -2.42. The Morgan fingerprint density at radius 2 is 2.03 bits per heavy atom. The van der Waals surface area contributed by atoms with E-state index in [1.165, 1.54) is 0 Å². The van der Waals surface area contributed by atoms with Crippen molar-refractivity contribution >= 4 is 22.9 Å². The first-order valence-electron chi connectivity index (χ1n) is 9.71. The molecule has 29 heavy (non-hydrogen) atoms. The zero-order chi connectivity index (χ0) is 20.1. The molecular formula is C21H25N5O3. The normalized spacial score (nSPS) is 14.7. The second kappa shape index (κ2) is 8.93. The SMILES string of the molecule is COc1ccccc1-c1c[nH]c2nc(NC(=O)NCCN3CCOCC3)ccc12. The van der Waals surface area contributed by atoms with Gasteiger partial charge in [-0.25, -0.2) is 9.78 Å². The largest absolute Gasteiger partial charge is 0.496 e. The van der Waals surface area contributed by atoms with E-state index in [-0.39, 0.29) is 6.03 Å². The molecule has 0 radical (unpaired) electrons. The fourth-order valence-corrected chi connectivity index (χ4v) is 3.48. The molecule has 4 rings (SSSR count). The highest BCUT2D eigenvalue weighted by molar-refractivity contribution is 5.97. The molecule has 0 aliphatic carbocycles. The first kappa shape index (κ1) is 19.2. The smallest absolute Gasteiger partial charge is 0.320 e. The summed E-state index contributed by atoms with van der Waals surface area (Å²) in [5.74, 6) is 1.30. The number of aromatic nitrogens is 2. The van der Waals surface area contributed by atoms with Crippen molar-refractivity contribution in [1.82, 2.24) is 20.2 Å². The third-order valence-corrected chi connectivity index (χ3v) is 4.99. The highest BCUT2D eigenvalue weighted by Crippen LogP contribution is 2.34. The number of ether oxygens (including phenoxy) is 2. The predicted octanol–water partition coefficient (Wildman–Crippen LogP) is 2.69. The number of amides is 2. The van der Waals surface area contributed by atoms with Gasteiger partial charge in [-0.1, -0.05) is 18.2 Å². The van der Waals surface area contributed by atoms with Crippen LogP contribution in [0.3, 0.4) is 0 Å². The van der Waals surface area contributed by atoms with Crippen LogP contribution < -0.4 is 15.4 Å². The number of aromatic amines is 1. The minimum Gasteiger partial charge on any atom is -0.496 e. The van der Waals surface area contributed by atoms with E-state index in [4.69, 9.17) is 9.47 Å². The fourth-order valence-electron chi connectivity index (χ4n) is 3.48. The molecule has 3 N–H and O–H groups in total. The Kier molecular flexibility index (Phi) is 5.92. The molecule has 2 amide bonds. The van der Waals surface area contributed by atoms with Gasteiger partial charge in [0.2, 0.25) is 0 Å². The van der Waals surface area contributed by atoms with Crippen LogP contribution in [-0.2, 0) is 4.74 Å². The first-order chi connectivity index (χ1) is 14.2. The number of rotatable bonds is 6. The summed E-state index contributed by atoms with van der Waals surface area (Å²) >= 11 is 0. The van der Waals surface area contributed by atoms with Crippen LogP contribution in [0.25, 0.3) is 22.2 Å². The Labute approximate surface area is 169 Å². The zero-order valence-corrected chi connectivity index (χ0v) is 16.4. The summed E-state index contributed by atoms with van der Waals surface area (Å²) in [6.07, 6.45) is 1.90. The van der Waals surface area contributed by atoms with E-state index in [1.54, 1.807) is 13.2 Å². The molecule has 8 heteroatoms. The number of carbonyl (C=O) groups is 1. The van der Waals surface area contributed by atoms with Gasteiger partial charge in [0.05, 0.1) is 20.3 Å². The number of pyridine rings is 1. The van der Waals surface area contributed by atoms with Gasteiger partial charge in [-0.3, -0.25) is 10.2 Å². The van der Waals surface area contributed by atoms with E-state index in [9.17, 15) is 4.79 Å². The Morgan fingerprint density at radius 1 is 1.21 bits per heavy atom. The van der Waals surface area contributed by atoms with Crippen molar-refractivity contribution < 1.29 is 14.3 Å². The number of hydrogen-bond donors (Lipinski definition) is 3. The van der Waals surface area contributed by atoms with Crippen LogP contribution in [0.4, 0.5) is 10.6 Å². The molecule has 1 fully saturated rings. The number of nitrogens with zero attached hydrogens (tertiary/aromatic N) is 2. The zero-order valence-electron chi connectivity index (χ0n) is 16.4. The van der Waals surface area contributed by atoms with E-state index >= 15 is 0 Å². The summed E-state index contributed by atoms with van der Waals surface area (Å²) in [6.45, 7) is 4.70. The molecule has 0 unspecified atom stereocenters. The maximum absolute atomic E-state index is 12.2. The molecule has 3 heterocycles. The summed E-state index contributed by atoms with van der Waals surface area (Å²) in [7, 11) is 1.66. The van der Waals surface area contributed by atoms with Gasteiger partial charge in [0.15, 0.2) is 0 Å². The van der Waals surface area contributed by atoms with Gasteiger partial charge < -0.3 is 19.8 Å². The summed E-state index contributed by atoms with van der Waals surface area (Å²) in [5, 5.41) is 6.63. The van der Waals surface area contributed by atoms with Gasteiger partial charge >= 0.3 is 6.03 Å². The molecule has 8 nitrogen and oxygen atoms in total. The number of hydrogen-bond acceptors (Lipinski definition) is 5. The molecule has 1 aliphatic rings. The van der Waals surface area contributed by atoms with Crippen LogP contribution in [0.2, 0.25) is 0 Å². The standard InChI is InChI=1S/C21H25N5O3/c1-28-18-5-3-2-4-15(18)17-14-23-20-16(17)6-7-19(24-20)25-21(27)22-8-9-26-10-12-29-13-11-26/h2-7,14H,8-13H2,1H3,(H3,22,23,24,25,27). The van der Waals surface area contributed by atoms with Crippen molar-refractivity contribution in [2.24, 2.45) is 0 Å². The van der Waals surface area contributed by atoms with Crippen LogP contribution in [0.15, 0.2) is 42.6 Å². The van der Waals surface area contributed by atoms with Crippen LogP contribution >= 0.6 is 0 Å². The molecular weight excluding hydrogens is 370 g/mol. The number of morpholine rings is 1. The maximum Gasteiger partial charge on any atom is 0.320 e. The van der Waals surface area contributed by atoms with Crippen molar-refractivity contribution in [3.8, 4) is 16.9 Å². The van der Waals surface area contributed by atoms with Crippen molar-refractivity contribution in [2.45, 2.75) is 0 Å². The number of anilines is 1. The third-order valence-electron chi connectivity index (χ3n) is 4.99. The molecule has 3 aromatic rings. The molecule has 0 spiro atoms. The molecule has 1 aliphatic heterocycles. The molecule has 152 valence electrons. The fraction of sp³-hybridized carbons (Fsp3) is 0.333. The number of urea groups is 1. The highest BCUT2D eigenvalue weighted by atomic mass is 16.5. The van der Waals surface area contributed by atoms with Crippen molar-refractivity contribution in [3.05, 3.63) is 42.6 Å². The molecule has 0 saturated carbocycles. The summed E-state index contributed by atoms with van der Waals surface area (Å²) < 4.78 is 10.8. The van der Waals surface area contributed by atoms with Crippen LogP contribution in [0.5, 0.6) is 5.75 Å². The topological polar surface area (TPSA) is 91.5 Å². The lowest BCUT2D eigenvalue weighted by Gasteiger charge is -2.26. The Hall–Kier alpha value is -3.10. The first-order valence-corrected chi connectivity index (χ1v) is 9.71. The second-order valence-electron chi connectivity index (χ2n) is 6.83. The molecule has 2 aromatic heterocycles. The van der Waals surface area contributed by atoms with Gasteiger partial charge in [0.1, 0.15) is 17.2 Å². The lowest BCUT2D eigenvalue weighted by atomic mass is 10.0. The Balaban J connectivity index is 1.40. The number of fused-ring (bicyclic) bond motifs is 1. The average Bonchev–Trinajstić information content (AvgIpc) is 3.17. The Morgan fingerprint density at radius 3 is 2.86 bits per heavy atom. The second-order valence-corrected chi connectivity index (χ2v) is 6.83. The molecule has 1 saturated heterocycles. The predicted molar refractivity (Wildman–Crippen MR) is 112 cm³/mol. The summed E-state index contributed by atoms with van der Waals surface area (Å²) in [6, 6.07) is 11.3. The monoisotopic (exact) mass is 395 g/mol. The Bertz CT molecular complexity index is 981. The lowest BCUT2D eigenvalue weighted by molar-refractivity contribution is 0.0388. The van der Waals surface area contributed by atoms with E-state index in [2.05, 4.69) is 25.5 Å². The number of carbonyl (C=O) groups excluding carboxylic acids is 1. The number of H-pyrrole nitrogens is 1. The third kappa shape index (κ3) is 4.49. The minimum atomic E-state index is -0.262. The van der Waals surface area contributed by atoms with Crippen molar-refractivity contribution in [3.63, 3.8) is 0 Å². The summed E-state index contributed by atoms with van der Waals surface area (Å²) in [5.41, 5.74) is 2.70. The maximum atomic E-state index is 12.2. The number of benzene rings is 1. The summed E-state index contributed by atoms with van der Waals surface area (Å²) in [4.78, 5) is 22.1. The molecule has 0 bridgehead atoms. The van der Waals surface area contributed by atoms with E-state index in [0.717, 1.165) is 55.1 Å². The quantitative estimate of drug-likeness (QED) is 0.597. The average molecular weight is 395 g/mol. The van der Waals surface area contributed by atoms with E-state index < -0.39 is 0 Å². The van der Waals surface area contributed by atoms with Crippen molar-refractivity contribution in [1.29, 1.82) is 0 Å². The van der Waals surface area contributed by atoms with E-state index in [1.807, 2.05) is 36.5 Å². The van der Waals surface area contributed by atoms with Gasteiger partial charge in [-0.15, -0.1) is 0 Å². The number of para-hydroxylation sites is 1.